The molecule has 0 amide bonds. The quantitative estimate of drug-likeness (QED) is 0.359. The van der Waals surface area contributed by atoms with E-state index in [9.17, 15) is 0 Å². The van der Waals surface area contributed by atoms with E-state index in [1.807, 2.05) is 31.4 Å². The minimum absolute atomic E-state index is 0.425. The number of guanidine groups is 1. The minimum atomic E-state index is 0.425. The topological polar surface area (TPSA) is 69.8 Å². The Labute approximate surface area is 178 Å². The van der Waals surface area contributed by atoms with Crippen molar-refractivity contribution in [1.82, 2.24) is 30.1 Å². The first-order chi connectivity index (χ1) is 14.8. The Bertz CT molecular complexity index is 950. The first-order valence-electron chi connectivity index (χ1n) is 10.8. The maximum absolute atomic E-state index is 4.42. The summed E-state index contributed by atoms with van der Waals surface area (Å²) >= 11 is 0. The number of pyridine rings is 1. The number of piperidine rings is 1. The maximum Gasteiger partial charge on any atom is 0.191 e. The number of likely N-dealkylation sites (tertiary alicyclic amines) is 1. The van der Waals surface area contributed by atoms with Crippen molar-refractivity contribution in [1.29, 1.82) is 0 Å². The van der Waals surface area contributed by atoms with Crippen LogP contribution in [0, 0.1) is 0 Å². The fraction of sp³-hybridized carbons (Fsp3) is 0.435. The number of benzene rings is 1. The number of rotatable bonds is 7. The van der Waals surface area contributed by atoms with Crippen LogP contribution < -0.4 is 10.6 Å². The predicted octanol–water partition coefficient (Wildman–Crippen LogP) is 2.49. The number of nitrogens with zero attached hydrogens (tertiary/aromatic N) is 5. The van der Waals surface area contributed by atoms with Gasteiger partial charge >= 0.3 is 0 Å². The molecule has 7 nitrogen and oxygen atoms in total. The second-order valence-corrected chi connectivity index (χ2v) is 7.85. The molecular weight excluding hydrogens is 374 g/mol. The Balaban J connectivity index is 1.21. The van der Waals surface area contributed by atoms with Crippen LogP contribution in [0.15, 0.2) is 59.7 Å². The molecule has 1 aromatic carbocycles. The number of aromatic nitrogens is 3. The number of hydrogen-bond acceptors (Lipinski definition) is 4. The second-order valence-electron chi connectivity index (χ2n) is 7.85. The van der Waals surface area contributed by atoms with Crippen LogP contribution in [-0.4, -0.2) is 58.2 Å². The van der Waals surface area contributed by atoms with Gasteiger partial charge in [0.1, 0.15) is 5.82 Å². The van der Waals surface area contributed by atoms with Gasteiger partial charge in [-0.3, -0.25) is 14.3 Å². The largest absolute Gasteiger partial charge is 0.356 e. The zero-order chi connectivity index (χ0) is 20.6. The van der Waals surface area contributed by atoms with Crippen molar-refractivity contribution in [3.63, 3.8) is 0 Å². The van der Waals surface area contributed by atoms with Gasteiger partial charge in [-0.25, -0.2) is 0 Å². The summed E-state index contributed by atoms with van der Waals surface area (Å²) in [6.07, 6.45) is 6.26. The SMILES string of the molecule is CN=C(NCCCc1nnc2ccccn12)NC1CCCN(Cc2ccccc2)C1. The molecule has 2 N–H and O–H groups in total. The van der Waals surface area contributed by atoms with Gasteiger partial charge in [0.25, 0.3) is 0 Å². The average Bonchev–Trinajstić information content (AvgIpc) is 3.20. The number of nitrogens with one attached hydrogen (secondary N) is 2. The summed E-state index contributed by atoms with van der Waals surface area (Å²) in [7, 11) is 1.84. The summed E-state index contributed by atoms with van der Waals surface area (Å²) in [4.78, 5) is 6.95. The summed E-state index contributed by atoms with van der Waals surface area (Å²) in [5, 5.41) is 15.6. The summed E-state index contributed by atoms with van der Waals surface area (Å²) in [6, 6.07) is 17.1. The first-order valence-corrected chi connectivity index (χ1v) is 10.8. The number of fused-ring (bicyclic) bond motifs is 1. The third-order valence-corrected chi connectivity index (χ3v) is 5.57. The standard InChI is InChI=1S/C23H31N7/c1-24-23(25-14-7-13-22-28-27-21-12-5-6-16-30(21)22)26-20-11-8-15-29(18-20)17-19-9-3-2-4-10-19/h2-6,9-10,12,16,20H,7-8,11,13-15,17-18H2,1H3,(H2,24,25,26). The smallest absolute Gasteiger partial charge is 0.191 e. The Morgan fingerprint density at radius 2 is 2.00 bits per heavy atom. The van der Waals surface area contributed by atoms with Crippen molar-refractivity contribution in [3.8, 4) is 0 Å². The van der Waals surface area contributed by atoms with Crippen LogP contribution >= 0.6 is 0 Å². The lowest BCUT2D eigenvalue weighted by Gasteiger charge is -2.34. The Kier molecular flexibility index (Phi) is 6.92. The van der Waals surface area contributed by atoms with Gasteiger partial charge in [-0.2, -0.15) is 0 Å². The highest BCUT2D eigenvalue weighted by atomic mass is 15.2. The van der Waals surface area contributed by atoms with Gasteiger partial charge in [0, 0.05) is 45.3 Å². The molecule has 3 heterocycles. The van der Waals surface area contributed by atoms with Gasteiger partial charge in [0.05, 0.1) is 0 Å². The molecule has 7 heteroatoms. The summed E-state index contributed by atoms with van der Waals surface area (Å²) < 4.78 is 2.05. The van der Waals surface area contributed by atoms with E-state index in [0.29, 0.717) is 6.04 Å². The number of aryl methyl sites for hydroxylation is 1. The molecule has 1 atom stereocenters. The van der Waals surface area contributed by atoms with Crippen LogP contribution in [-0.2, 0) is 13.0 Å². The second kappa shape index (κ2) is 10.2. The molecule has 2 aromatic heterocycles. The van der Waals surface area contributed by atoms with Crippen LogP contribution in [0.1, 0.15) is 30.7 Å². The summed E-state index contributed by atoms with van der Waals surface area (Å²) in [6.45, 7) is 4.06. The molecular formula is C23H31N7. The van der Waals surface area contributed by atoms with Gasteiger partial charge in [-0.15, -0.1) is 10.2 Å². The Hall–Kier alpha value is -2.93. The molecule has 1 fully saturated rings. The minimum Gasteiger partial charge on any atom is -0.356 e. The zero-order valence-electron chi connectivity index (χ0n) is 17.7. The van der Waals surface area contributed by atoms with Gasteiger partial charge in [-0.1, -0.05) is 36.4 Å². The van der Waals surface area contributed by atoms with E-state index in [1.165, 1.54) is 18.4 Å². The van der Waals surface area contributed by atoms with Crippen LogP contribution in [0.5, 0.6) is 0 Å². The molecule has 0 bridgehead atoms. The van der Waals surface area contributed by atoms with Crippen molar-refractivity contribution >= 4 is 11.6 Å². The molecule has 4 rings (SSSR count). The van der Waals surface area contributed by atoms with Gasteiger partial charge in [0.2, 0.25) is 0 Å². The van der Waals surface area contributed by atoms with E-state index >= 15 is 0 Å². The lowest BCUT2D eigenvalue weighted by atomic mass is 10.0. The van der Waals surface area contributed by atoms with E-state index in [4.69, 9.17) is 0 Å². The van der Waals surface area contributed by atoms with Gasteiger partial charge < -0.3 is 10.6 Å². The third-order valence-electron chi connectivity index (χ3n) is 5.57. The molecule has 0 radical (unpaired) electrons. The van der Waals surface area contributed by atoms with Crippen molar-refractivity contribution in [2.24, 2.45) is 4.99 Å². The molecule has 1 aliphatic rings. The lowest BCUT2D eigenvalue weighted by molar-refractivity contribution is 0.192. The summed E-state index contributed by atoms with van der Waals surface area (Å²) in [5.74, 6) is 1.88. The van der Waals surface area contributed by atoms with Crippen LogP contribution in [0.3, 0.4) is 0 Å². The molecule has 0 spiro atoms. The molecule has 0 saturated carbocycles. The fourth-order valence-corrected chi connectivity index (χ4v) is 4.06. The third kappa shape index (κ3) is 5.36. The van der Waals surface area contributed by atoms with Crippen LogP contribution in [0.25, 0.3) is 5.65 Å². The Morgan fingerprint density at radius 3 is 2.87 bits per heavy atom. The number of hydrogen-bond donors (Lipinski definition) is 2. The molecule has 158 valence electrons. The molecule has 1 unspecified atom stereocenters. The average molecular weight is 406 g/mol. The van der Waals surface area contributed by atoms with Crippen molar-refractivity contribution in [3.05, 3.63) is 66.1 Å². The zero-order valence-corrected chi connectivity index (χ0v) is 17.7. The summed E-state index contributed by atoms with van der Waals surface area (Å²) in [5.41, 5.74) is 2.27. The first kappa shape index (κ1) is 20.3. The van der Waals surface area contributed by atoms with E-state index in [0.717, 1.165) is 56.5 Å². The number of aliphatic imine (C=N–C) groups is 1. The predicted molar refractivity (Wildman–Crippen MR) is 121 cm³/mol. The van der Waals surface area contributed by atoms with E-state index in [1.54, 1.807) is 0 Å². The van der Waals surface area contributed by atoms with Crippen LogP contribution in [0.2, 0.25) is 0 Å². The molecule has 1 aliphatic heterocycles. The molecule has 30 heavy (non-hydrogen) atoms. The molecule has 1 saturated heterocycles. The lowest BCUT2D eigenvalue weighted by Crippen LogP contribution is -2.51. The van der Waals surface area contributed by atoms with Gasteiger partial charge in [-0.05, 0) is 43.5 Å². The highest BCUT2D eigenvalue weighted by Crippen LogP contribution is 2.13. The Morgan fingerprint density at radius 1 is 1.13 bits per heavy atom. The molecule has 0 aliphatic carbocycles. The van der Waals surface area contributed by atoms with E-state index in [2.05, 4.69) is 65.5 Å². The maximum atomic E-state index is 4.42. The van der Waals surface area contributed by atoms with Crippen molar-refractivity contribution in [2.75, 3.05) is 26.7 Å². The van der Waals surface area contributed by atoms with E-state index in [-0.39, 0.29) is 0 Å². The van der Waals surface area contributed by atoms with Gasteiger partial charge in [0.15, 0.2) is 11.6 Å². The van der Waals surface area contributed by atoms with Crippen molar-refractivity contribution in [2.45, 2.75) is 38.3 Å². The van der Waals surface area contributed by atoms with E-state index < -0.39 is 0 Å². The van der Waals surface area contributed by atoms with Crippen LogP contribution in [0.4, 0.5) is 0 Å². The highest BCUT2D eigenvalue weighted by molar-refractivity contribution is 5.79. The molecule has 3 aromatic rings. The fourth-order valence-electron chi connectivity index (χ4n) is 4.06. The highest BCUT2D eigenvalue weighted by Gasteiger charge is 2.20. The normalized spacial score (nSPS) is 17.9. The van der Waals surface area contributed by atoms with Crippen molar-refractivity contribution < 1.29 is 0 Å². The monoisotopic (exact) mass is 405 g/mol.